The molecule has 0 atom stereocenters. The first-order valence-corrected chi connectivity index (χ1v) is 9.26. The molecule has 3 aromatic carbocycles. The molecule has 0 aliphatic rings. The molecule has 0 spiro atoms. The van der Waals surface area contributed by atoms with Crippen molar-refractivity contribution in [1.82, 2.24) is 0 Å². The predicted molar refractivity (Wildman–Crippen MR) is 107 cm³/mol. The molecule has 0 fully saturated rings. The fourth-order valence-electron chi connectivity index (χ4n) is 2.55. The first kappa shape index (κ1) is 17.3. The SMILES string of the molecule is Cc1ccc(N(C(=O)CSc2ccccc2)c2ccc(C)cc2)cc1. The third-order valence-electron chi connectivity index (χ3n) is 3.94. The van der Waals surface area contributed by atoms with Gasteiger partial charge in [0, 0.05) is 16.3 Å². The maximum atomic E-state index is 13.0. The first-order valence-electron chi connectivity index (χ1n) is 8.27. The number of nitrogens with zero attached hydrogens (tertiary/aromatic N) is 1. The Balaban J connectivity index is 1.86. The van der Waals surface area contributed by atoms with Crippen molar-refractivity contribution >= 4 is 29.0 Å². The fraction of sp³-hybridized carbons (Fsp3) is 0.136. The molecule has 0 N–H and O–H groups in total. The van der Waals surface area contributed by atoms with Crippen LogP contribution < -0.4 is 4.90 Å². The van der Waals surface area contributed by atoms with E-state index in [2.05, 4.69) is 0 Å². The van der Waals surface area contributed by atoms with Crippen molar-refractivity contribution in [3.63, 3.8) is 0 Å². The van der Waals surface area contributed by atoms with Crippen molar-refractivity contribution in [2.75, 3.05) is 10.7 Å². The van der Waals surface area contributed by atoms with Gasteiger partial charge >= 0.3 is 0 Å². The Hall–Kier alpha value is -2.52. The van der Waals surface area contributed by atoms with Crippen LogP contribution in [0.5, 0.6) is 0 Å². The topological polar surface area (TPSA) is 20.3 Å². The van der Waals surface area contributed by atoms with Gasteiger partial charge in [-0.2, -0.15) is 0 Å². The summed E-state index contributed by atoms with van der Waals surface area (Å²) >= 11 is 1.56. The van der Waals surface area contributed by atoms with E-state index in [1.165, 1.54) is 11.1 Å². The van der Waals surface area contributed by atoms with Crippen molar-refractivity contribution in [2.24, 2.45) is 0 Å². The monoisotopic (exact) mass is 347 g/mol. The van der Waals surface area contributed by atoms with Gasteiger partial charge in [-0.05, 0) is 50.2 Å². The number of hydrogen-bond acceptors (Lipinski definition) is 2. The molecule has 0 bridgehead atoms. The highest BCUT2D eigenvalue weighted by Gasteiger charge is 2.18. The molecule has 0 aliphatic carbocycles. The number of rotatable bonds is 5. The standard InChI is InChI=1S/C22H21NOS/c1-17-8-12-19(13-9-17)23(20-14-10-18(2)11-15-20)22(24)16-25-21-6-4-3-5-7-21/h3-15H,16H2,1-2H3. The van der Waals surface area contributed by atoms with Crippen LogP contribution in [0.15, 0.2) is 83.8 Å². The molecule has 2 nitrogen and oxygen atoms in total. The van der Waals surface area contributed by atoms with Gasteiger partial charge < -0.3 is 0 Å². The fourth-order valence-corrected chi connectivity index (χ4v) is 3.32. The average Bonchev–Trinajstić information content (AvgIpc) is 2.64. The lowest BCUT2D eigenvalue weighted by molar-refractivity contribution is -0.115. The molecule has 25 heavy (non-hydrogen) atoms. The summed E-state index contributed by atoms with van der Waals surface area (Å²) in [7, 11) is 0. The third-order valence-corrected chi connectivity index (χ3v) is 4.94. The second-order valence-electron chi connectivity index (χ2n) is 6.00. The maximum absolute atomic E-state index is 13.0. The summed E-state index contributed by atoms with van der Waals surface area (Å²) in [6.07, 6.45) is 0. The second kappa shape index (κ2) is 8.04. The summed E-state index contributed by atoms with van der Waals surface area (Å²) < 4.78 is 0. The van der Waals surface area contributed by atoms with Gasteiger partial charge in [-0.3, -0.25) is 9.69 Å². The van der Waals surface area contributed by atoms with Crippen LogP contribution in [0.3, 0.4) is 0 Å². The molecule has 3 heteroatoms. The van der Waals surface area contributed by atoms with Crippen LogP contribution >= 0.6 is 11.8 Å². The lowest BCUT2D eigenvalue weighted by Gasteiger charge is -2.23. The molecule has 0 radical (unpaired) electrons. The molecular formula is C22H21NOS. The van der Waals surface area contributed by atoms with Gasteiger partial charge in [-0.25, -0.2) is 0 Å². The lowest BCUT2D eigenvalue weighted by atomic mass is 10.1. The zero-order valence-corrected chi connectivity index (χ0v) is 15.3. The zero-order valence-electron chi connectivity index (χ0n) is 14.5. The van der Waals surface area contributed by atoms with Gasteiger partial charge in [0.15, 0.2) is 0 Å². The van der Waals surface area contributed by atoms with Crippen LogP contribution in [0.1, 0.15) is 11.1 Å². The molecule has 0 saturated carbocycles. The van der Waals surface area contributed by atoms with Crippen LogP contribution in [0.4, 0.5) is 11.4 Å². The van der Waals surface area contributed by atoms with Crippen LogP contribution in [0.25, 0.3) is 0 Å². The van der Waals surface area contributed by atoms with Crippen molar-refractivity contribution in [1.29, 1.82) is 0 Å². The number of carbonyl (C=O) groups excluding carboxylic acids is 1. The van der Waals surface area contributed by atoms with E-state index in [9.17, 15) is 4.79 Å². The number of thioether (sulfide) groups is 1. The van der Waals surface area contributed by atoms with Crippen molar-refractivity contribution < 1.29 is 4.79 Å². The summed E-state index contributed by atoms with van der Waals surface area (Å²) in [5, 5.41) is 0. The molecule has 0 saturated heterocycles. The molecule has 126 valence electrons. The Morgan fingerprint density at radius 1 is 0.760 bits per heavy atom. The van der Waals surface area contributed by atoms with Gasteiger partial charge in [0.2, 0.25) is 5.91 Å². The molecule has 0 unspecified atom stereocenters. The number of hydrogen-bond donors (Lipinski definition) is 0. The summed E-state index contributed by atoms with van der Waals surface area (Å²) in [6.45, 7) is 4.10. The van der Waals surface area contributed by atoms with E-state index in [4.69, 9.17) is 0 Å². The van der Waals surface area contributed by atoms with Gasteiger partial charge in [0.1, 0.15) is 0 Å². The Labute approximate surface area is 153 Å². The molecule has 1 amide bonds. The lowest BCUT2D eigenvalue weighted by Crippen LogP contribution is -2.27. The second-order valence-corrected chi connectivity index (χ2v) is 7.05. The van der Waals surface area contributed by atoms with Crippen LogP contribution in [0.2, 0.25) is 0 Å². The molecule has 0 aliphatic heterocycles. The van der Waals surface area contributed by atoms with Crippen LogP contribution in [-0.4, -0.2) is 11.7 Å². The Bertz CT molecular complexity index is 781. The highest BCUT2D eigenvalue weighted by molar-refractivity contribution is 8.00. The summed E-state index contributed by atoms with van der Waals surface area (Å²) in [4.78, 5) is 15.9. The minimum Gasteiger partial charge on any atom is -0.280 e. The van der Waals surface area contributed by atoms with Crippen molar-refractivity contribution in [2.45, 2.75) is 18.7 Å². The number of amides is 1. The zero-order chi connectivity index (χ0) is 17.6. The van der Waals surface area contributed by atoms with E-state index in [-0.39, 0.29) is 5.91 Å². The summed E-state index contributed by atoms with van der Waals surface area (Å²) in [5.41, 5.74) is 4.15. The molecule has 0 aromatic heterocycles. The number of anilines is 2. The maximum Gasteiger partial charge on any atom is 0.241 e. The molecule has 3 rings (SSSR count). The smallest absolute Gasteiger partial charge is 0.241 e. The summed E-state index contributed by atoms with van der Waals surface area (Å²) in [6, 6.07) is 26.2. The van der Waals surface area contributed by atoms with Crippen molar-refractivity contribution in [3.8, 4) is 0 Å². The number of aryl methyl sites for hydroxylation is 2. The Kier molecular flexibility index (Phi) is 5.56. The highest BCUT2D eigenvalue weighted by atomic mass is 32.2. The van der Waals surface area contributed by atoms with E-state index < -0.39 is 0 Å². The van der Waals surface area contributed by atoms with Crippen molar-refractivity contribution in [3.05, 3.63) is 90.0 Å². The van der Waals surface area contributed by atoms with Crippen LogP contribution in [0, 0.1) is 13.8 Å². The van der Waals surface area contributed by atoms with E-state index >= 15 is 0 Å². The van der Waals surface area contributed by atoms with Gasteiger partial charge in [-0.15, -0.1) is 11.8 Å². The minimum atomic E-state index is 0.0709. The first-order chi connectivity index (χ1) is 12.1. The molecular weight excluding hydrogens is 326 g/mol. The van der Waals surface area contributed by atoms with E-state index in [0.717, 1.165) is 16.3 Å². The Morgan fingerprint density at radius 3 is 1.72 bits per heavy atom. The molecule has 0 heterocycles. The minimum absolute atomic E-state index is 0.0709. The van der Waals surface area contributed by atoms with E-state index in [0.29, 0.717) is 5.75 Å². The average molecular weight is 347 g/mol. The van der Waals surface area contributed by atoms with Gasteiger partial charge in [-0.1, -0.05) is 53.6 Å². The quantitative estimate of drug-likeness (QED) is 0.547. The van der Waals surface area contributed by atoms with Crippen LogP contribution in [-0.2, 0) is 4.79 Å². The molecule has 3 aromatic rings. The number of benzene rings is 3. The largest absolute Gasteiger partial charge is 0.280 e. The van der Waals surface area contributed by atoms with Gasteiger partial charge in [0.25, 0.3) is 0 Å². The number of carbonyl (C=O) groups is 1. The Morgan fingerprint density at radius 2 is 1.24 bits per heavy atom. The van der Waals surface area contributed by atoms with E-state index in [1.807, 2.05) is 92.7 Å². The van der Waals surface area contributed by atoms with Gasteiger partial charge in [0.05, 0.1) is 5.75 Å². The predicted octanol–water partition coefficient (Wildman–Crippen LogP) is 5.76. The third kappa shape index (κ3) is 4.52. The van der Waals surface area contributed by atoms with E-state index in [1.54, 1.807) is 16.7 Å². The highest BCUT2D eigenvalue weighted by Crippen LogP contribution is 2.28. The normalized spacial score (nSPS) is 10.5. The summed E-state index contributed by atoms with van der Waals surface area (Å²) in [5.74, 6) is 0.465.